The molecule has 0 unspecified atom stereocenters. The fourth-order valence-corrected chi connectivity index (χ4v) is 3.38. The fraction of sp³-hybridized carbons (Fsp3) is 1.00. The van der Waals surface area contributed by atoms with Gasteiger partial charge in [0.2, 0.25) is 0 Å². The molecule has 4 nitrogen and oxygen atoms in total. The Balaban J connectivity index is 0. The summed E-state index contributed by atoms with van der Waals surface area (Å²) >= 11 is 0. The Kier molecular flexibility index (Phi) is 14.0. The van der Waals surface area contributed by atoms with Crippen LogP contribution < -0.4 is 4.98 Å². The molecule has 0 amide bonds. The van der Waals surface area contributed by atoms with Crippen molar-refractivity contribution in [2.24, 2.45) is 0 Å². The second-order valence-electron chi connectivity index (χ2n) is 2.78. The summed E-state index contributed by atoms with van der Waals surface area (Å²) in [6, 6.07) is 0. The first-order valence-electron chi connectivity index (χ1n) is 5.41. The molecule has 6 heteroatoms. The van der Waals surface area contributed by atoms with Crippen molar-refractivity contribution < 1.29 is 13.3 Å². The SMILES string of the molecule is CCCN[Si](OCC)(OCC)OCC.[PbH2]. The van der Waals surface area contributed by atoms with Crippen LogP contribution in [0.25, 0.3) is 0 Å². The maximum absolute atomic E-state index is 5.60. The molecule has 0 aliphatic carbocycles. The molecule has 92 valence electrons. The zero-order valence-electron chi connectivity index (χ0n) is 10.5. The molecule has 0 spiro atoms. The molecule has 0 aromatic rings. The third kappa shape index (κ3) is 7.81. The second kappa shape index (κ2) is 11.5. The number of nitrogens with one attached hydrogen (secondary N) is 1. The Labute approximate surface area is 115 Å². The van der Waals surface area contributed by atoms with E-state index in [1.165, 1.54) is 0 Å². The van der Waals surface area contributed by atoms with Crippen molar-refractivity contribution in [1.29, 1.82) is 0 Å². The molecule has 0 bridgehead atoms. The minimum atomic E-state index is -2.57. The van der Waals surface area contributed by atoms with Gasteiger partial charge in [-0.2, -0.15) is 0 Å². The molecule has 0 aliphatic rings. The van der Waals surface area contributed by atoms with Crippen molar-refractivity contribution in [2.75, 3.05) is 26.4 Å². The first-order chi connectivity index (χ1) is 6.74. The van der Waals surface area contributed by atoms with E-state index in [1.807, 2.05) is 20.8 Å². The van der Waals surface area contributed by atoms with Gasteiger partial charge >= 0.3 is 36.3 Å². The monoisotopic (exact) mass is 431 g/mol. The molecule has 0 atom stereocenters. The van der Waals surface area contributed by atoms with Crippen LogP contribution in [0.15, 0.2) is 0 Å². The van der Waals surface area contributed by atoms with Crippen LogP contribution in [0, 0.1) is 0 Å². The zero-order valence-corrected chi connectivity index (χ0v) is 17.0. The molecule has 0 saturated carbocycles. The van der Waals surface area contributed by atoms with E-state index < -0.39 is 8.97 Å². The normalized spacial score (nSPS) is 11.2. The van der Waals surface area contributed by atoms with E-state index in [2.05, 4.69) is 11.9 Å². The minimum absolute atomic E-state index is 0. The molecule has 15 heavy (non-hydrogen) atoms. The van der Waals surface area contributed by atoms with Crippen molar-refractivity contribution in [3.63, 3.8) is 0 Å². The van der Waals surface area contributed by atoms with Crippen molar-refractivity contribution in [1.82, 2.24) is 4.98 Å². The Bertz CT molecular complexity index is 124. The van der Waals surface area contributed by atoms with E-state index in [1.54, 1.807) is 0 Å². The Morgan fingerprint density at radius 3 is 1.53 bits per heavy atom. The summed E-state index contributed by atoms with van der Waals surface area (Å²) in [5.74, 6) is 0. The van der Waals surface area contributed by atoms with E-state index in [0.717, 1.165) is 13.0 Å². The standard InChI is InChI=1S/C9H23NO3Si.Pb.2H/c1-5-9-10-14(11-6-2,12-7-3)13-8-4;;;/h10H,5-9H2,1-4H3;;;. The predicted octanol–water partition coefficient (Wildman–Crippen LogP) is 0.615. The van der Waals surface area contributed by atoms with Gasteiger partial charge in [-0.05, 0) is 33.7 Å². The van der Waals surface area contributed by atoms with Gasteiger partial charge < -0.3 is 13.3 Å². The van der Waals surface area contributed by atoms with Crippen LogP contribution >= 0.6 is 0 Å². The van der Waals surface area contributed by atoms with Gasteiger partial charge in [0.1, 0.15) is 0 Å². The van der Waals surface area contributed by atoms with Crippen molar-refractivity contribution in [2.45, 2.75) is 34.1 Å². The molecule has 0 aromatic carbocycles. The van der Waals surface area contributed by atoms with E-state index in [9.17, 15) is 0 Å². The molecule has 1 N–H and O–H groups in total. The third-order valence-electron chi connectivity index (χ3n) is 1.59. The van der Waals surface area contributed by atoms with Crippen molar-refractivity contribution >= 4 is 36.3 Å². The van der Waals surface area contributed by atoms with Crippen LogP contribution in [-0.2, 0) is 13.3 Å². The fourth-order valence-electron chi connectivity index (χ4n) is 1.13. The second-order valence-corrected chi connectivity index (χ2v) is 5.11. The average molecular weight is 431 g/mol. The van der Waals surface area contributed by atoms with Gasteiger partial charge in [0, 0.05) is 19.8 Å². The van der Waals surface area contributed by atoms with E-state index in [4.69, 9.17) is 13.3 Å². The molecule has 0 aliphatic heterocycles. The van der Waals surface area contributed by atoms with Gasteiger partial charge in [-0.25, -0.2) is 0 Å². The molecule has 0 rings (SSSR count). The molecule has 0 heterocycles. The van der Waals surface area contributed by atoms with Crippen LogP contribution in [0.2, 0.25) is 0 Å². The van der Waals surface area contributed by atoms with Crippen LogP contribution in [0.5, 0.6) is 0 Å². The summed E-state index contributed by atoms with van der Waals surface area (Å²) in [6.45, 7) is 10.7. The van der Waals surface area contributed by atoms with Gasteiger partial charge in [0.05, 0.1) is 0 Å². The summed E-state index contributed by atoms with van der Waals surface area (Å²) in [5.41, 5.74) is 0. The molecule has 2 radical (unpaired) electrons. The van der Waals surface area contributed by atoms with Gasteiger partial charge in [-0.1, -0.05) is 6.92 Å². The maximum atomic E-state index is 5.60. The van der Waals surface area contributed by atoms with E-state index in [0.29, 0.717) is 19.8 Å². The molecule has 0 aromatic heterocycles. The Hall–Kier alpha value is 0.979. The van der Waals surface area contributed by atoms with Crippen LogP contribution in [0.1, 0.15) is 34.1 Å². The van der Waals surface area contributed by atoms with Gasteiger partial charge in [-0.15, -0.1) is 0 Å². The number of rotatable bonds is 9. The summed E-state index contributed by atoms with van der Waals surface area (Å²) in [5, 5.41) is 0. The van der Waals surface area contributed by atoms with Gasteiger partial charge in [0.25, 0.3) is 0 Å². The zero-order chi connectivity index (χ0) is 10.9. The summed E-state index contributed by atoms with van der Waals surface area (Å²) in [6.07, 6.45) is 1.04. The molecular formula is C9H25NO3PbSi. The van der Waals surface area contributed by atoms with Crippen LogP contribution in [0.4, 0.5) is 0 Å². The number of hydrogen-bond acceptors (Lipinski definition) is 4. The Morgan fingerprint density at radius 1 is 0.867 bits per heavy atom. The van der Waals surface area contributed by atoms with Gasteiger partial charge in [0.15, 0.2) is 0 Å². The topological polar surface area (TPSA) is 39.7 Å². The first-order valence-corrected chi connectivity index (χ1v) is 7.14. The summed E-state index contributed by atoms with van der Waals surface area (Å²) < 4.78 is 16.8. The molecule has 0 saturated heterocycles. The first kappa shape index (κ1) is 18.3. The van der Waals surface area contributed by atoms with Crippen molar-refractivity contribution in [3.05, 3.63) is 0 Å². The third-order valence-corrected chi connectivity index (χ3v) is 4.28. The Morgan fingerprint density at radius 2 is 1.27 bits per heavy atom. The number of hydrogen-bond donors (Lipinski definition) is 1. The van der Waals surface area contributed by atoms with E-state index in [-0.39, 0.29) is 27.3 Å². The van der Waals surface area contributed by atoms with Crippen molar-refractivity contribution in [3.8, 4) is 0 Å². The van der Waals surface area contributed by atoms with Crippen LogP contribution in [-0.4, -0.2) is 62.6 Å². The quantitative estimate of drug-likeness (QED) is 0.545. The average Bonchev–Trinajstić information content (AvgIpc) is 2.16. The van der Waals surface area contributed by atoms with E-state index >= 15 is 0 Å². The van der Waals surface area contributed by atoms with Gasteiger partial charge in [-0.3, -0.25) is 4.98 Å². The molecule has 0 fully saturated rings. The summed E-state index contributed by atoms with van der Waals surface area (Å²) in [7, 11) is -2.57. The molecular weight excluding hydrogens is 405 g/mol. The predicted molar refractivity (Wildman–Crippen MR) is 67.5 cm³/mol. The van der Waals surface area contributed by atoms with Crippen LogP contribution in [0.3, 0.4) is 0 Å². The summed E-state index contributed by atoms with van der Waals surface area (Å²) in [4.78, 5) is 3.26.